The van der Waals surface area contributed by atoms with Crippen LogP contribution in [0, 0.1) is 0 Å². The molecule has 1 aromatic heterocycles. The molecule has 0 saturated carbocycles. The molecule has 4 nitrogen and oxygen atoms in total. The summed E-state index contributed by atoms with van der Waals surface area (Å²) in [6, 6.07) is 8.22. The van der Waals surface area contributed by atoms with Gasteiger partial charge in [-0.25, -0.2) is 4.98 Å². The smallest absolute Gasteiger partial charge is 0.220 e. The third-order valence-corrected chi connectivity index (χ3v) is 4.35. The average Bonchev–Trinajstić information content (AvgIpc) is 2.91. The van der Waals surface area contributed by atoms with Crippen LogP contribution in [0.1, 0.15) is 31.2 Å². The highest BCUT2D eigenvalue weighted by molar-refractivity contribution is 7.18. The van der Waals surface area contributed by atoms with E-state index >= 15 is 0 Å². The van der Waals surface area contributed by atoms with E-state index in [-0.39, 0.29) is 30.7 Å². The number of hydrogen-bond donors (Lipinski definition) is 2. The van der Waals surface area contributed by atoms with Gasteiger partial charge in [-0.1, -0.05) is 19.1 Å². The van der Waals surface area contributed by atoms with E-state index in [1.165, 1.54) is 9.71 Å². The number of carbonyl (C=O) groups excluding carboxylic acids is 1. The lowest BCUT2D eigenvalue weighted by Gasteiger charge is -2.05. The molecule has 2 N–H and O–H groups in total. The maximum Gasteiger partial charge on any atom is 0.220 e. The van der Waals surface area contributed by atoms with Gasteiger partial charge in [-0.15, -0.1) is 36.2 Å². The number of nitrogens with one attached hydrogen (secondary N) is 2. The van der Waals surface area contributed by atoms with Crippen molar-refractivity contribution in [2.24, 2.45) is 0 Å². The number of amides is 1. The van der Waals surface area contributed by atoms with E-state index in [4.69, 9.17) is 0 Å². The van der Waals surface area contributed by atoms with Gasteiger partial charge in [0.2, 0.25) is 5.91 Å². The molecule has 0 atom stereocenters. The molecule has 0 radical (unpaired) electrons. The van der Waals surface area contributed by atoms with Crippen LogP contribution in [0.25, 0.3) is 10.2 Å². The number of para-hydroxylation sites is 1. The van der Waals surface area contributed by atoms with E-state index in [0.29, 0.717) is 13.0 Å². The summed E-state index contributed by atoms with van der Waals surface area (Å²) < 4.78 is 1.24. The fourth-order valence-corrected chi connectivity index (χ4v) is 3.15. The first-order valence-electron chi connectivity index (χ1n) is 7.61. The van der Waals surface area contributed by atoms with Crippen molar-refractivity contribution in [3.63, 3.8) is 0 Å². The number of fused-ring (bicyclic) bond motifs is 1. The Bertz CT molecular complexity index is 544. The molecule has 0 aliphatic heterocycles. The normalized spacial score (nSPS) is 9.96. The van der Waals surface area contributed by atoms with Gasteiger partial charge in [-0.2, -0.15) is 0 Å². The highest BCUT2D eigenvalue weighted by atomic mass is 35.5. The Balaban J connectivity index is 0.00000242. The second-order valence-electron chi connectivity index (χ2n) is 4.99. The third kappa shape index (κ3) is 7.97. The Labute approximate surface area is 154 Å². The van der Waals surface area contributed by atoms with Gasteiger partial charge in [0.15, 0.2) is 0 Å². The number of carbonyl (C=O) groups is 1. The summed E-state index contributed by atoms with van der Waals surface area (Å²) in [5, 5.41) is 7.28. The van der Waals surface area contributed by atoms with Crippen molar-refractivity contribution in [1.82, 2.24) is 15.6 Å². The lowest BCUT2D eigenvalue weighted by molar-refractivity contribution is -0.121. The summed E-state index contributed by atoms with van der Waals surface area (Å²) in [6.45, 7) is 4.56. The molecular weight excluding hydrogens is 353 g/mol. The van der Waals surface area contributed by atoms with Gasteiger partial charge in [0.25, 0.3) is 0 Å². The Kier molecular flexibility index (Phi) is 12.1. The van der Waals surface area contributed by atoms with Crippen LogP contribution < -0.4 is 10.6 Å². The van der Waals surface area contributed by atoms with Crippen LogP contribution in [0.3, 0.4) is 0 Å². The minimum Gasteiger partial charge on any atom is -0.355 e. The summed E-state index contributed by atoms with van der Waals surface area (Å²) in [7, 11) is 0. The maximum atomic E-state index is 11.6. The topological polar surface area (TPSA) is 54.0 Å². The van der Waals surface area contributed by atoms with Crippen molar-refractivity contribution in [2.45, 2.75) is 32.6 Å². The average molecular weight is 378 g/mol. The lowest BCUT2D eigenvalue weighted by atomic mass is 10.2. The second-order valence-corrected chi connectivity index (χ2v) is 6.10. The quantitative estimate of drug-likeness (QED) is 0.656. The predicted octanol–water partition coefficient (Wildman–Crippen LogP) is 3.58. The van der Waals surface area contributed by atoms with E-state index in [1.807, 2.05) is 18.2 Å². The van der Waals surface area contributed by atoms with Gasteiger partial charge < -0.3 is 10.6 Å². The molecule has 130 valence electrons. The minimum absolute atomic E-state index is 0. The van der Waals surface area contributed by atoms with Gasteiger partial charge in [-0.05, 0) is 37.9 Å². The van der Waals surface area contributed by atoms with Gasteiger partial charge in [-0.3, -0.25) is 4.79 Å². The number of aromatic nitrogens is 1. The Morgan fingerprint density at radius 1 is 1.17 bits per heavy atom. The standard InChI is InChI=1S/C16H23N3OS.2ClH/c1-2-17-11-12-18-15(20)9-5-6-10-16-19-13-7-3-4-8-14(13)21-16;;/h3-4,7-8,17H,2,5-6,9-12H2,1H3,(H,18,20);2*1H. The van der Waals surface area contributed by atoms with E-state index in [1.54, 1.807) is 11.3 Å². The van der Waals surface area contributed by atoms with Crippen LogP contribution >= 0.6 is 36.2 Å². The number of thiazole rings is 1. The predicted molar refractivity (Wildman–Crippen MR) is 103 cm³/mol. The molecule has 1 heterocycles. The zero-order chi connectivity index (χ0) is 14.9. The Morgan fingerprint density at radius 3 is 2.70 bits per heavy atom. The molecule has 7 heteroatoms. The van der Waals surface area contributed by atoms with Crippen LogP contribution in [-0.2, 0) is 11.2 Å². The van der Waals surface area contributed by atoms with Gasteiger partial charge in [0.1, 0.15) is 0 Å². The largest absolute Gasteiger partial charge is 0.355 e. The van der Waals surface area contributed by atoms with Crippen molar-refractivity contribution < 1.29 is 4.79 Å². The van der Waals surface area contributed by atoms with E-state index in [2.05, 4.69) is 28.6 Å². The van der Waals surface area contributed by atoms with E-state index in [0.717, 1.165) is 37.9 Å². The lowest BCUT2D eigenvalue weighted by Crippen LogP contribution is -2.31. The first-order valence-corrected chi connectivity index (χ1v) is 8.43. The molecule has 0 bridgehead atoms. The van der Waals surface area contributed by atoms with Crippen molar-refractivity contribution in [2.75, 3.05) is 19.6 Å². The summed E-state index contributed by atoms with van der Waals surface area (Å²) >= 11 is 1.76. The molecule has 0 spiro atoms. The molecule has 0 saturated heterocycles. The summed E-state index contributed by atoms with van der Waals surface area (Å²) in [4.78, 5) is 16.2. The Hall–Kier alpha value is -0.880. The highest BCUT2D eigenvalue weighted by Gasteiger charge is 2.04. The number of nitrogens with zero attached hydrogens (tertiary/aromatic N) is 1. The number of aryl methyl sites for hydroxylation is 1. The molecule has 0 fully saturated rings. The fraction of sp³-hybridized carbons (Fsp3) is 0.500. The third-order valence-electron chi connectivity index (χ3n) is 3.26. The zero-order valence-electron chi connectivity index (χ0n) is 13.3. The number of benzene rings is 1. The molecular formula is C16H25Cl2N3OS. The molecule has 2 rings (SSSR count). The number of unbranched alkanes of at least 4 members (excludes halogenated alkanes) is 1. The SMILES string of the molecule is CCNCCNC(=O)CCCCc1nc2ccccc2s1.Cl.Cl. The van der Waals surface area contributed by atoms with Crippen LogP contribution in [-0.4, -0.2) is 30.5 Å². The minimum atomic E-state index is 0. The molecule has 1 aromatic carbocycles. The molecule has 1 amide bonds. The van der Waals surface area contributed by atoms with Crippen LogP contribution in [0.2, 0.25) is 0 Å². The molecule has 0 unspecified atom stereocenters. The second kappa shape index (κ2) is 12.5. The first-order chi connectivity index (χ1) is 10.3. The van der Waals surface area contributed by atoms with Crippen LogP contribution in [0.15, 0.2) is 24.3 Å². The first kappa shape index (κ1) is 22.1. The number of likely N-dealkylation sites (N-methyl/N-ethyl adjacent to an activating group) is 1. The summed E-state index contributed by atoms with van der Waals surface area (Å²) in [5.41, 5.74) is 1.08. The maximum absolute atomic E-state index is 11.6. The van der Waals surface area contributed by atoms with Gasteiger partial charge in [0.05, 0.1) is 15.2 Å². The van der Waals surface area contributed by atoms with Crippen molar-refractivity contribution >= 4 is 52.3 Å². The summed E-state index contributed by atoms with van der Waals surface area (Å²) in [5.74, 6) is 0.150. The van der Waals surface area contributed by atoms with E-state index < -0.39 is 0 Å². The van der Waals surface area contributed by atoms with Crippen molar-refractivity contribution in [1.29, 1.82) is 0 Å². The molecule has 23 heavy (non-hydrogen) atoms. The Morgan fingerprint density at radius 2 is 1.96 bits per heavy atom. The fourth-order valence-electron chi connectivity index (χ4n) is 2.14. The van der Waals surface area contributed by atoms with E-state index in [9.17, 15) is 4.79 Å². The highest BCUT2D eigenvalue weighted by Crippen LogP contribution is 2.22. The zero-order valence-corrected chi connectivity index (χ0v) is 15.8. The van der Waals surface area contributed by atoms with Crippen molar-refractivity contribution in [3.05, 3.63) is 29.3 Å². The monoisotopic (exact) mass is 377 g/mol. The molecule has 0 aliphatic rings. The van der Waals surface area contributed by atoms with Crippen molar-refractivity contribution in [3.8, 4) is 0 Å². The number of halogens is 2. The molecule has 0 aliphatic carbocycles. The summed E-state index contributed by atoms with van der Waals surface area (Å²) in [6.07, 6.45) is 3.50. The van der Waals surface area contributed by atoms with Crippen LogP contribution in [0.4, 0.5) is 0 Å². The van der Waals surface area contributed by atoms with Crippen LogP contribution in [0.5, 0.6) is 0 Å². The van der Waals surface area contributed by atoms with Gasteiger partial charge in [0, 0.05) is 19.5 Å². The number of rotatable bonds is 9. The number of hydrogen-bond acceptors (Lipinski definition) is 4. The van der Waals surface area contributed by atoms with Gasteiger partial charge >= 0.3 is 0 Å². The molecule has 2 aromatic rings.